The van der Waals surface area contributed by atoms with E-state index in [1.165, 1.54) is 0 Å². The summed E-state index contributed by atoms with van der Waals surface area (Å²) >= 11 is 3.43. The molecule has 0 radical (unpaired) electrons. The number of aromatic nitrogens is 1. The van der Waals surface area contributed by atoms with E-state index in [4.69, 9.17) is 5.73 Å². The Morgan fingerprint density at radius 2 is 1.85 bits per heavy atom. The second-order valence-corrected chi connectivity index (χ2v) is 5.64. The number of hydrogen-bond acceptors (Lipinski definition) is 2. The molecular weight excluding hydrogens is 316 g/mol. The SMILES string of the molecule is Cc1cc(Br)ccc1-n1c(N)cc2ccccc2c1=O. The van der Waals surface area contributed by atoms with E-state index in [2.05, 4.69) is 15.9 Å². The van der Waals surface area contributed by atoms with E-state index < -0.39 is 0 Å². The molecule has 3 rings (SSSR count). The van der Waals surface area contributed by atoms with Gasteiger partial charge in [0.15, 0.2) is 0 Å². The van der Waals surface area contributed by atoms with E-state index >= 15 is 0 Å². The minimum absolute atomic E-state index is 0.0916. The molecule has 0 bridgehead atoms. The third kappa shape index (κ3) is 2.02. The second kappa shape index (κ2) is 4.80. The molecule has 0 spiro atoms. The number of halogens is 1. The molecule has 3 nitrogen and oxygen atoms in total. The van der Waals surface area contributed by atoms with Gasteiger partial charge in [-0.2, -0.15) is 0 Å². The predicted molar refractivity (Wildman–Crippen MR) is 86.4 cm³/mol. The maximum absolute atomic E-state index is 12.7. The maximum atomic E-state index is 12.7. The summed E-state index contributed by atoms with van der Waals surface area (Å²) in [6, 6.07) is 15.1. The van der Waals surface area contributed by atoms with Crippen molar-refractivity contribution in [2.45, 2.75) is 6.92 Å². The van der Waals surface area contributed by atoms with Crippen molar-refractivity contribution < 1.29 is 0 Å². The summed E-state index contributed by atoms with van der Waals surface area (Å²) in [5.41, 5.74) is 7.78. The molecule has 0 saturated carbocycles. The van der Waals surface area contributed by atoms with Gasteiger partial charge in [-0.15, -0.1) is 0 Å². The largest absolute Gasteiger partial charge is 0.385 e. The van der Waals surface area contributed by atoms with Crippen LogP contribution in [0.5, 0.6) is 0 Å². The van der Waals surface area contributed by atoms with Crippen LogP contribution in [0.2, 0.25) is 0 Å². The molecule has 0 unspecified atom stereocenters. The van der Waals surface area contributed by atoms with Crippen molar-refractivity contribution in [2.75, 3.05) is 5.73 Å². The number of fused-ring (bicyclic) bond motifs is 1. The summed E-state index contributed by atoms with van der Waals surface area (Å²) in [4.78, 5) is 12.7. The number of hydrogen-bond donors (Lipinski definition) is 1. The van der Waals surface area contributed by atoms with Crippen molar-refractivity contribution in [3.05, 3.63) is 68.9 Å². The van der Waals surface area contributed by atoms with Crippen LogP contribution in [-0.4, -0.2) is 4.57 Å². The summed E-state index contributed by atoms with van der Waals surface area (Å²) in [6.07, 6.45) is 0. The molecular formula is C16H13BrN2O. The first-order valence-corrected chi connectivity index (χ1v) is 7.04. The van der Waals surface area contributed by atoms with E-state index in [9.17, 15) is 4.79 Å². The Morgan fingerprint density at radius 3 is 2.60 bits per heavy atom. The Kier molecular flexibility index (Phi) is 3.10. The van der Waals surface area contributed by atoms with Crippen LogP contribution in [-0.2, 0) is 0 Å². The van der Waals surface area contributed by atoms with Gasteiger partial charge in [0.25, 0.3) is 5.56 Å². The topological polar surface area (TPSA) is 48.0 Å². The van der Waals surface area contributed by atoms with Crippen molar-refractivity contribution in [1.82, 2.24) is 4.57 Å². The third-order valence-corrected chi connectivity index (χ3v) is 3.85. The van der Waals surface area contributed by atoms with E-state index in [1.807, 2.05) is 55.5 Å². The molecule has 0 aliphatic heterocycles. The Balaban J connectivity index is 2.39. The fraction of sp³-hybridized carbons (Fsp3) is 0.0625. The van der Waals surface area contributed by atoms with E-state index in [0.717, 1.165) is 21.1 Å². The summed E-state index contributed by atoms with van der Waals surface area (Å²) in [6.45, 7) is 1.96. The molecule has 0 aliphatic rings. The molecule has 0 fully saturated rings. The summed E-state index contributed by atoms with van der Waals surface area (Å²) in [5, 5.41) is 1.53. The first-order valence-electron chi connectivity index (χ1n) is 6.25. The lowest BCUT2D eigenvalue weighted by Crippen LogP contribution is -2.22. The molecule has 100 valence electrons. The number of anilines is 1. The van der Waals surface area contributed by atoms with Crippen LogP contribution in [0, 0.1) is 6.92 Å². The van der Waals surface area contributed by atoms with Crippen molar-refractivity contribution in [2.24, 2.45) is 0 Å². The van der Waals surface area contributed by atoms with Gasteiger partial charge in [-0.3, -0.25) is 9.36 Å². The number of rotatable bonds is 1. The number of benzene rings is 2. The number of pyridine rings is 1. The molecule has 1 heterocycles. The van der Waals surface area contributed by atoms with Crippen LogP contribution in [0.15, 0.2) is 57.8 Å². The van der Waals surface area contributed by atoms with Crippen LogP contribution >= 0.6 is 15.9 Å². The normalized spacial score (nSPS) is 10.9. The molecule has 3 aromatic rings. The van der Waals surface area contributed by atoms with Gasteiger partial charge < -0.3 is 5.73 Å². The Labute approximate surface area is 124 Å². The molecule has 0 amide bonds. The molecule has 2 aromatic carbocycles. The number of nitrogens with two attached hydrogens (primary N) is 1. The predicted octanol–water partition coefficient (Wildman–Crippen LogP) is 3.64. The lowest BCUT2D eigenvalue weighted by molar-refractivity contribution is 1.01. The zero-order valence-corrected chi connectivity index (χ0v) is 12.5. The van der Waals surface area contributed by atoms with Gasteiger partial charge >= 0.3 is 0 Å². The fourth-order valence-electron chi connectivity index (χ4n) is 2.40. The highest BCUT2D eigenvalue weighted by Gasteiger charge is 2.10. The Hall–Kier alpha value is -2.07. The zero-order valence-electron chi connectivity index (χ0n) is 10.9. The molecule has 0 saturated heterocycles. The monoisotopic (exact) mass is 328 g/mol. The molecule has 0 aliphatic carbocycles. The van der Waals surface area contributed by atoms with E-state index in [0.29, 0.717) is 11.2 Å². The molecule has 0 atom stereocenters. The lowest BCUT2D eigenvalue weighted by Gasteiger charge is -2.14. The zero-order chi connectivity index (χ0) is 14.3. The average molecular weight is 329 g/mol. The Bertz CT molecular complexity index is 868. The van der Waals surface area contributed by atoms with E-state index in [1.54, 1.807) is 4.57 Å². The minimum Gasteiger partial charge on any atom is -0.385 e. The first-order chi connectivity index (χ1) is 9.58. The second-order valence-electron chi connectivity index (χ2n) is 4.73. The van der Waals surface area contributed by atoms with Crippen LogP contribution in [0.1, 0.15) is 5.56 Å². The standard InChI is InChI=1S/C16H13BrN2O/c1-10-8-12(17)6-7-14(10)19-15(18)9-11-4-2-3-5-13(11)16(19)20/h2-9H,18H2,1H3. The van der Waals surface area contributed by atoms with Crippen molar-refractivity contribution >= 4 is 32.5 Å². The van der Waals surface area contributed by atoms with Gasteiger partial charge in [0.2, 0.25) is 0 Å². The lowest BCUT2D eigenvalue weighted by atomic mass is 10.1. The fourth-order valence-corrected chi connectivity index (χ4v) is 2.87. The van der Waals surface area contributed by atoms with Gasteiger partial charge in [0.1, 0.15) is 5.82 Å². The maximum Gasteiger partial charge on any atom is 0.264 e. The first kappa shape index (κ1) is 12.9. The van der Waals surface area contributed by atoms with Gasteiger partial charge in [0.05, 0.1) is 5.69 Å². The van der Waals surface area contributed by atoms with Crippen molar-refractivity contribution in [1.29, 1.82) is 0 Å². The van der Waals surface area contributed by atoms with Gasteiger partial charge in [-0.1, -0.05) is 34.1 Å². The van der Waals surface area contributed by atoms with Gasteiger partial charge in [-0.05, 0) is 48.2 Å². The highest BCUT2D eigenvalue weighted by atomic mass is 79.9. The molecule has 20 heavy (non-hydrogen) atoms. The van der Waals surface area contributed by atoms with Gasteiger partial charge in [-0.25, -0.2) is 0 Å². The molecule has 4 heteroatoms. The number of nitrogen functional groups attached to an aromatic ring is 1. The van der Waals surface area contributed by atoms with Crippen molar-refractivity contribution in [3.8, 4) is 5.69 Å². The summed E-state index contributed by atoms with van der Waals surface area (Å²) < 4.78 is 2.54. The molecule has 1 aromatic heterocycles. The van der Waals surface area contributed by atoms with Crippen LogP contribution in [0.25, 0.3) is 16.5 Å². The highest BCUT2D eigenvalue weighted by Crippen LogP contribution is 2.22. The van der Waals surface area contributed by atoms with E-state index in [-0.39, 0.29) is 5.56 Å². The summed E-state index contributed by atoms with van der Waals surface area (Å²) in [7, 11) is 0. The quantitative estimate of drug-likeness (QED) is 0.741. The smallest absolute Gasteiger partial charge is 0.264 e. The van der Waals surface area contributed by atoms with Gasteiger partial charge in [0, 0.05) is 9.86 Å². The highest BCUT2D eigenvalue weighted by molar-refractivity contribution is 9.10. The summed E-state index contributed by atoms with van der Waals surface area (Å²) in [5.74, 6) is 0.444. The number of aryl methyl sites for hydroxylation is 1. The van der Waals surface area contributed by atoms with Crippen LogP contribution in [0.3, 0.4) is 0 Å². The Morgan fingerprint density at radius 1 is 1.10 bits per heavy atom. The van der Waals surface area contributed by atoms with Crippen LogP contribution < -0.4 is 11.3 Å². The minimum atomic E-state index is -0.0916. The average Bonchev–Trinajstić information content (AvgIpc) is 2.41. The number of nitrogens with zero attached hydrogens (tertiary/aromatic N) is 1. The molecule has 2 N–H and O–H groups in total. The van der Waals surface area contributed by atoms with Crippen molar-refractivity contribution in [3.63, 3.8) is 0 Å². The third-order valence-electron chi connectivity index (χ3n) is 3.36. The van der Waals surface area contributed by atoms with Crippen LogP contribution in [0.4, 0.5) is 5.82 Å².